The van der Waals surface area contributed by atoms with Crippen molar-refractivity contribution in [2.75, 3.05) is 20.0 Å². The summed E-state index contributed by atoms with van der Waals surface area (Å²) in [5.41, 5.74) is 11.7. The molecule has 0 amide bonds. The smallest absolute Gasteiger partial charge is 0.168 e. The Hall–Kier alpha value is -4.30. The SMILES string of the molecule is COc1cccc(-c2cc(-c3ccc(-c4ccccc4)cc3)nc(N)c2C#N)c1OC. The van der Waals surface area contributed by atoms with Gasteiger partial charge in [0.2, 0.25) is 0 Å². The molecule has 1 heterocycles. The third-order valence-electron chi connectivity index (χ3n) is 5.14. The summed E-state index contributed by atoms with van der Waals surface area (Å²) in [7, 11) is 3.15. The highest BCUT2D eigenvalue weighted by molar-refractivity contribution is 5.84. The molecule has 0 bridgehead atoms. The minimum atomic E-state index is 0.173. The molecule has 3 aromatic carbocycles. The Morgan fingerprint density at radius 1 is 0.774 bits per heavy atom. The van der Waals surface area contributed by atoms with Crippen LogP contribution in [0.1, 0.15) is 5.56 Å². The van der Waals surface area contributed by atoms with Gasteiger partial charge in [-0.2, -0.15) is 5.26 Å². The highest BCUT2D eigenvalue weighted by Gasteiger charge is 2.19. The summed E-state index contributed by atoms with van der Waals surface area (Å²) in [6.07, 6.45) is 0. The van der Waals surface area contributed by atoms with Crippen LogP contribution in [0.4, 0.5) is 5.82 Å². The van der Waals surface area contributed by atoms with Crippen LogP contribution in [0.3, 0.4) is 0 Å². The Balaban J connectivity index is 1.84. The summed E-state index contributed by atoms with van der Waals surface area (Å²) < 4.78 is 11.0. The lowest BCUT2D eigenvalue weighted by atomic mass is 9.96. The first-order chi connectivity index (χ1) is 15.2. The summed E-state index contributed by atoms with van der Waals surface area (Å²) in [6, 6.07) is 27.8. The van der Waals surface area contributed by atoms with Gasteiger partial charge >= 0.3 is 0 Å². The molecule has 0 spiro atoms. The summed E-state index contributed by atoms with van der Waals surface area (Å²) in [6.45, 7) is 0. The predicted octanol–water partition coefficient (Wildman–Crippen LogP) is 5.55. The molecule has 31 heavy (non-hydrogen) atoms. The molecule has 0 aliphatic carbocycles. The zero-order valence-corrected chi connectivity index (χ0v) is 17.3. The van der Waals surface area contributed by atoms with Crippen molar-refractivity contribution in [1.29, 1.82) is 5.26 Å². The first-order valence-electron chi connectivity index (χ1n) is 9.74. The van der Waals surface area contributed by atoms with Crippen LogP contribution in [-0.2, 0) is 0 Å². The molecule has 1 aromatic heterocycles. The number of nitriles is 1. The van der Waals surface area contributed by atoms with Crippen LogP contribution in [0.5, 0.6) is 11.5 Å². The number of nitrogens with two attached hydrogens (primary N) is 1. The third-order valence-corrected chi connectivity index (χ3v) is 5.14. The molecule has 152 valence electrons. The third kappa shape index (κ3) is 3.79. The van der Waals surface area contributed by atoms with Crippen molar-refractivity contribution in [3.8, 4) is 51.1 Å². The standard InChI is InChI=1S/C26H21N3O2/c1-30-24-10-6-9-20(25(24)31-2)21-15-23(29-26(28)22(21)16-27)19-13-11-18(12-14-19)17-7-4-3-5-8-17/h3-15H,1-2H3,(H2,28,29). The Kier molecular flexibility index (Phi) is 5.55. The average Bonchev–Trinajstić information content (AvgIpc) is 2.83. The fourth-order valence-electron chi connectivity index (χ4n) is 3.61. The van der Waals surface area contributed by atoms with Crippen LogP contribution in [0, 0.1) is 11.3 Å². The lowest BCUT2D eigenvalue weighted by Gasteiger charge is -2.15. The number of para-hydroxylation sites is 1. The van der Waals surface area contributed by atoms with Crippen LogP contribution in [0.25, 0.3) is 33.5 Å². The maximum Gasteiger partial charge on any atom is 0.168 e. The molecule has 0 saturated carbocycles. The van der Waals surface area contributed by atoms with Gasteiger partial charge < -0.3 is 15.2 Å². The summed E-state index contributed by atoms with van der Waals surface area (Å²) in [5.74, 6) is 1.29. The molecule has 0 saturated heterocycles. The Bertz CT molecular complexity index is 1260. The fourth-order valence-corrected chi connectivity index (χ4v) is 3.61. The van der Waals surface area contributed by atoms with E-state index in [1.165, 1.54) is 0 Å². The highest BCUT2D eigenvalue weighted by atomic mass is 16.5. The Morgan fingerprint density at radius 3 is 2.10 bits per heavy atom. The molecular weight excluding hydrogens is 386 g/mol. The molecule has 0 atom stereocenters. The number of nitrogen functional groups attached to an aromatic ring is 1. The first-order valence-corrected chi connectivity index (χ1v) is 9.74. The normalized spacial score (nSPS) is 10.4. The zero-order chi connectivity index (χ0) is 21.8. The van der Waals surface area contributed by atoms with E-state index in [9.17, 15) is 5.26 Å². The van der Waals surface area contributed by atoms with Crippen LogP contribution < -0.4 is 15.2 Å². The minimum Gasteiger partial charge on any atom is -0.493 e. The van der Waals surface area contributed by atoms with Gasteiger partial charge in [-0.1, -0.05) is 66.7 Å². The van der Waals surface area contributed by atoms with Crippen LogP contribution in [0.15, 0.2) is 78.9 Å². The number of anilines is 1. The van der Waals surface area contributed by atoms with Gasteiger partial charge in [-0.3, -0.25) is 0 Å². The van der Waals surface area contributed by atoms with E-state index < -0.39 is 0 Å². The molecule has 0 fully saturated rings. The van der Waals surface area contributed by atoms with Crippen molar-refractivity contribution in [1.82, 2.24) is 4.98 Å². The van der Waals surface area contributed by atoms with E-state index in [1.54, 1.807) is 14.2 Å². The molecular formula is C26H21N3O2. The number of benzene rings is 3. The second-order valence-electron chi connectivity index (χ2n) is 6.91. The Morgan fingerprint density at radius 2 is 1.45 bits per heavy atom. The number of pyridine rings is 1. The van der Waals surface area contributed by atoms with Crippen molar-refractivity contribution in [2.24, 2.45) is 0 Å². The average molecular weight is 407 g/mol. The molecule has 5 heteroatoms. The van der Waals surface area contributed by atoms with Gasteiger partial charge in [0.15, 0.2) is 11.5 Å². The van der Waals surface area contributed by atoms with E-state index in [-0.39, 0.29) is 5.82 Å². The number of hydrogen-bond donors (Lipinski definition) is 1. The minimum absolute atomic E-state index is 0.173. The van der Waals surface area contributed by atoms with Crippen molar-refractivity contribution >= 4 is 5.82 Å². The number of ether oxygens (including phenoxy) is 2. The molecule has 5 nitrogen and oxygen atoms in total. The molecule has 4 rings (SSSR count). The Labute approximate surface area is 181 Å². The monoisotopic (exact) mass is 407 g/mol. The van der Waals surface area contributed by atoms with Crippen molar-refractivity contribution in [3.63, 3.8) is 0 Å². The lowest BCUT2D eigenvalue weighted by molar-refractivity contribution is 0.356. The molecule has 4 aromatic rings. The van der Waals surface area contributed by atoms with Crippen LogP contribution in [-0.4, -0.2) is 19.2 Å². The van der Waals surface area contributed by atoms with E-state index in [0.717, 1.165) is 22.3 Å². The van der Waals surface area contributed by atoms with Gasteiger partial charge in [0, 0.05) is 16.7 Å². The van der Waals surface area contributed by atoms with Gasteiger partial charge in [0.05, 0.1) is 19.9 Å². The van der Waals surface area contributed by atoms with E-state index in [0.29, 0.717) is 28.3 Å². The number of methoxy groups -OCH3 is 2. The van der Waals surface area contributed by atoms with E-state index in [4.69, 9.17) is 15.2 Å². The molecule has 0 radical (unpaired) electrons. The van der Waals surface area contributed by atoms with Gasteiger partial charge in [-0.15, -0.1) is 0 Å². The fraction of sp³-hybridized carbons (Fsp3) is 0.0769. The van der Waals surface area contributed by atoms with Gasteiger partial charge in [0.25, 0.3) is 0 Å². The molecule has 2 N–H and O–H groups in total. The topological polar surface area (TPSA) is 81.2 Å². The van der Waals surface area contributed by atoms with Crippen molar-refractivity contribution in [2.45, 2.75) is 0 Å². The number of aromatic nitrogens is 1. The number of rotatable bonds is 5. The van der Waals surface area contributed by atoms with Gasteiger partial charge in [-0.25, -0.2) is 4.98 Å². The molecule has 0 aliphatic heterocycles. The maximum atomic E-state index is 9.73. The quantitative estimate of drug-likeness (QED) is 0.469. The zero-order valence-electron chi connectivity index (χ0n) is 17.3. The lowest BCUT2D eigenvalue weighted by Crippen LogP contribution is -2.01. The highest BCUT2D eigenvalue weighted by Crippen LogP contribution is 2.41. The van der Waals surface area contributed by atoms with Gasteiger partial charge in [-0.05, 0) is 23.3 Å². The number of hydrogen-bond acceptors (Lipinski definition) is 5. The maximum absolute atomic E-state index is 9.73. The summed E-state index contributed by atoms with van der Waals surface area (Å²) in [4.78, 5) is 4.48. The molecule has 0 aliphatic rings. The summed E-state index contributed by atoms with van der Waals surface area (Å²) in [5, 5.41) is 9.73. The second kappa shape index (κ2) is 8.60. The second-order valence-corrected chi connectivity index (χ2v) is 6.91. The largest absolute Gasteiger partial charge is 0.493 e. The van der Waals surface area contributed by atoms with E-state index in [2.05, 4.69) is 23.2 Å². The van der Waals surface area contributed by atoms with E-state index in [1.807, 2.05) is 66.7 Å². The van der Waals surface area contributed by atoms with Crippen molar-refractivity contribution < 1.29 is 9.47 Å². The van der Waals surface area contributed by atoms with Crippen molar-refractivity contribution in [3.05, 3.63) is 84.4 Å². The number of nitrogens with zero attached hydrogens (tertiary/aromatic N) is 2. The van der Waals surface area contributed by atoms with Crippen LogP contribution >= 0.6 is 0 Å². The summed E-state index contributed by atoms with van der Waals surface area (Å²) >= 11 is 0. The van der Waals surface area contributed by atoms with Gasteiger partial charge in [0.1, 0.15) is 17.5 Å². The molecule has 0 unspecified atom stereocenters. The van der Waals surface area contributed by atoms with Crippen LogP contribution in [0.2, 0.25) is 0 Å². The van der Waals surface area contributed by atoms with E-state index >= 15 is 0 Å². The predicted molar refractivity (Wildman–Crippen MR) is 123 cm³/mol. The first kappa shape index (κ1) is 20.0.